The van der Waals surface area contributed by atoms with Crippen LogP contribution in [0.25, 0.3) is 0 Å². The summed E-state index contributed by atoms with van der Waals surface area (Å²) in [6.07, 6.45) is 3.70. The average Bonchev–Trinajstić information content (AvgIpc) is 2.70. The smallest absolute Gasteiger partial charge is 0.309 e. The summed E-state index contributed by atoms with van der Waals surface area (Å²) in [5.74, 6) is -1.23. The molecule has 0 bridgehead atoms. The number of aliphatic carboxylic acids is 1. The van der Waals surface area contributed by atoms with Gasteiger partial charge in [-0.15, -0.1) is 0 Å². The summed E-state index contributed by atoms with van der Waals surface area (Å²) in [5, 5.41) is 12.9. The van der Waals surface area contributed by atoms with Crippen molar-refractivity contribution in [1.82, 2.24) is 9.78 Å². The van der Waals surface area contributed by atoms with Gasteiger partial charge < -0.3 is 9.84 Å². The summed E-state index contributed by atoms with van der Waals surface area (Å²) < 4.78 is 7.04. The van der Waals surface area contributed by atoms with Crippen molar-refractivity contribution >= 4 is 5.97 Å². The first-order valence-corrected chi connectivity index (χ1v) is 4.51. The third-order valence-electron chi connectivity index (χ3n) is 2.46. The number of nitrogens with zero attached hydrogens (tertiary/aromatic N) is 2. The second-order valence-corrected chi connectivity index (χ2v) is 3.47. The molecule has 0 saturated carbocycles. The fraction of sp³-hybridized carbons (Fsp3) is 0.556. The van der Waals surface area contributed by atoms with Gasteiger partial charge in [-0.05, 0) is 6.42 Å². The summed E-state index contributed by atoms with van der Waals surface area (Å²) in [4.78, 5) is 10.9. The van der Waals surface area contributed by atoms with Gasteiger partial charge in [-0.25, -0.2) is 0 Å². The lowest BCUT2D eigenvalue weighted by Gasteiger charge is -2.12. The molecule has 14 heavy (non-hydrogen) atoms. The molecule has 5 nitrogen and oxygen atoms in total. The van der Waals surface area contributed by atoms with Crippen molar-refractivity contribution in [3.05, 3.63) is 18.0 Å². The van der Waals surface area contributed by atoms with Crippen LogP contribution in [0.3, 0.4) is 0 Å². The van der Waals surface area contributed by atoms with Gasteiger partial charge in [0.2, 0.25) is 0 Å². The molecule has 0 amide bonds. The molecule has 0 aromatic carbocycles. The largest absolute Gasteiger partial charge is 0.481 e. The quantitative estimate of drug-likeness (QED) is 0.751. The summed E-state index contributed by atoms with van der Waals surface area (Å²) in [5.41, 5.74) is 0.845. The Balaban J connectivity index is 2.21. The molecule has 76 valence electrons. The number of rotatable bonds is 2. The molecule has 0 radical (unpaired) electrons. The van der Waals surface area contributed by atoms with E-state index in [1.54, 1.807) is 24.1 Å². The van der Waals surface area contributed by atoms with E-state index in [9.17, 15) is 4.79 Å². The van der Waals surface area contributed by atoms with Gasteiger partial charge >= 0.3 is 5.97 Å². The van der Waals surface area contributed by atoms with Crippen molar-refractivity contribution in [2.24, 2.45) is 13.0 Å². The standard InChI is InChI=1S/C9H12N2O3/c1-11-5-6(4-10-11)8-7(9(12)13)2-3-14-8/h4-5,7-8H,2-3H2,1H3,(H,12,13)/t7-,8+/m1/s1. The van der Waals surface area contributed by atoms with Gasteiger partial charge in [0, 0.05) is 25.4 Å². The van der Waals surface area contributed by atoms with E-state index in [1.807, 2.05) is 0 Å². The zero-order chi connectivity index (χ0) is 10.1. The Labute approximate surface area is 81.3 Å². The Kier molecular flexibility index (Phi) is 2.25. The van der Waals surface area contributed by atoms with Gasteiger partial charge in [0.15, 0.2) is 0 Å². The predicted octanol–water partition coefficient (Wildman–Crippen LogP) is 0.582. The highest BCUT2D eigenvalue weighted by molar-refractivity contribution is 5.71. The molecule has 5 heteroatoms. The lowest BCUT2D eigenvalue weighted by Crippen LogP contribution is -2.17. The Morgan fingerprint density at radius 3 is 3.14 bits per heavy atom. The van der Waals surface area contributed by atoms with Gasteiger partial charge in [-0.3, -0.25) is 9.48 Å². The van der Waals surface area contributed by atoms with Crippen LogP contribution in [-0.4, -0.2) is 27.5 Å². The van der Waals surface area contributed by atoms with Gasteiger partial charge in [0.25, 0.3) is 0 Å². The van der Waals surface area contributed by atoms with Crippen LogP contribution >= 0.6 is 0 Å². The van der Waals surface area contributed by atoms with Crippen molar-refractivity contribution < 1.29 is 14.6 Å². The fourth-order valence-corrected chi connectivity index (χ4v) is 1.76. The highest BCUT2D eigenvalue weighted by Gasteiger charge is 2.35. The molecule has 1 aromatic rings. The first-order chi connectivity index (χ1) is 6.68. The van der Waals surface area contributed by atoms with Crippen molar-refractivity contribution in [2.45, 2.75) is 12.5 Å². The lowest BCUT2D eigenvalue weighted by atomic mass is 9.98. The number of hydrogen-bond donors (Lipinski definition) is 1. The van der Waals surface area contributed by atoms with Crippen LogP contribution in [0.2, 0.25) is 0 Å². The minimum absolute atomic E-state index is 0.332. The first-order valence-electron chi connectivity index (χ1n) is 4.51. The Bertz CT molecular complexity index is 348. The van der Waals surface area contributed by atoms with Crippen molar-refractivity contribution in [1.29, 1.82) is 0 Å². The summed E-state index contributed by atoms with van der Waals surface area (Å²) in [6.45, 7) is 0.510. The van der Waals surface area contributed by atoms with Gasteiger partial charge in [-0.1, -0.05) is 0 Å². The Hall–Kier alpha value is -1.36. The number of carboxylic acid groups (broad SMARTS) is 1. The zero-order valence-electron chi connectivity index (χ0n) is 7.88. The van der Waals surface area contributed by atoms with Crippen LogP contribution in [0, 0.1) is 5.92 Å². The molecule has 1 saturated heterocycles. The average molecular weight is 196 g/mol. The molecular formula is C9H12N2O3. The highest BCUT2D eigenvalue weighted by atomic mass is 16.5. The van der Waals surface area contributed by atoms with E-state index in [2.05, 4.69) is 5.10 Å². The number of ether oxygens (including phenoxy) is 1. The molecule has 1 aliphatic heterocycles. The second kappa shape index (κ2) is 3.42. The topological polar surface area (TPSA) is 64.3 Å². The number of aromatic nitrogens is 2. The molecule has 1 aromatic heterocycles. The summed E-state index contributed by atoms with van der Waals surface area (Å²) >= 11 is 0. The van der Waals surface area contributed by atoms with E-state index in [0.29, 0.717) is 13.0 Å². The van der Waals surface area contributed by atoms with Crippen LogP contribution in [0.4, 0.5) is 0 Å². The van der Waals surface area contributed by atoms with Gasteiger partial charge in [0.05, 0.1) is 18.2 Å². The summed E-state index contributed by atoms with van der Waals surface area (Å²) in [7, 11) is 1.80. The maximum atomic E-state index is 10.9. The molecule has 0 spiro atoms. The fourth-order valence-electron chi connectivity index (χ4n) is 1.76. The zero-order valence-corrected chi connectivity index (χ0v) is 7.88. The molecule has 0 unspecified atom stereocenters. The maximum absolute atomic E-state index is 10.9. The van der Waals surface area contributed by atoms with E-state index in [4.69, 9.17) is 9.84 Å². The molecule has 2 heterocycles. The molecule has 1 N–H and O–H groups in total. The summed E-state index contributed by atoms with van der Waals surface area (Å²) in [6, 6.07) is 0. The maximum Gasteiger partial charge on any atom is 0.309 e. The third kappa shape index (κ3) is 1.50. The molecule has 2 rings (SSSR count). The molecular weight excluding hydrogens is 184 g/mol. The monoisotopic (exact) mass is 196 g/mol. The van der Waals surface area contributed by atoms with Gasteiger partial charge in [-0.2, -0.15) is 5.10 Å². The number of aryl methyl sites for hydroxylation is 1. The van der Waals surface area contributed by atoms with E-state index in [0.717, 1.165) is 5.56 Å². The number of carbonyl (C=O) groups is 1. The minimum atomic E-state index is -0.795. The van der Waals surface area contributed by atoms with Crippen LogP contribution in [-0.2, 0) is 16.6 Å². The molecule has 2 atom stereocenters. The van der Waals surface area contributed by atoms with E-state index >= 15 is 0 Å². The van der Waals surface area contributed by atoms with Crippen molar-refractivity contribution in [3.8, 4) is 0 Å². The highest BCUT2D eigenvalue weighted by Crippen LogP contribution is 2.34. The number of hydrogen-bond acceptors (Lipinski definition) is 3. The third-order valence-corrected chi connectivity index (χ3v) is 2.46. The van der Waals surface area contributed by atoms with Crippen LogP contribution in [0.15, 0.2) is 12.4 Å². The van der Waals surface area contributed by atoms with E-state index in [-0.39, 0.29) is 6.10 Å². The van der Waals surface area contributed by atoms with Crippen LogP contribution < -0.4 is 0 Å². The van der Waals surface area contributed by atoms with E-state index < -0.39 is 11.9 Å². The molecule has 1 aliphatic rings. The minimum Gasteiger partial charge on any atom is -0.481 e. The van der Waals surface area contributed by atoms with Crippen molar-refractivity contribution in [2.75, 3.05) is 6.61 Å². The first kappa shape index (κ1) is 9.21. The molecule has 1 fully saturated rings. The predicted molar refractivity (Wildman–Crippen MR) is 47.6 cm³/mol. The Morgan fingerprint density at radius 2 is 2.57 bits per heavy atom. The van der Waals surface area contributed by atoms with Crippen LogP contribution in [0.1, 0.15) is 18.1 Å². The van der Waals surface area contributed by atoms with Crippen molar-refractivity contribution in [3.63, 3.8) is 0 Å². The number of carboxylic acids is 1. The lowest BCUT2D eigenvalue weighted by molar-refractivity contribution is -0.143. The van der Waals surface area contributed by atoms with E-state index in [1.165, 1.54) is 0 Å². The Morgan fingerprint density at radius 1 is 1.79 bits per heavy atom. The normalized spacial score (nSPS) is 26.6. The SMILES string of the molecule is Cn1cc([C@@H]2OCC[C@H]2C(=O)O)cn1. The van der Waals surface area contributed by atoms with Gasteiger partial charge in [0.1, 0.15) is 0 Å². The van der Waals surface area contributed by atoms with Crippen LogP contribution in [0.5, 0.6) is 0 Å². The second-order valence-electron chi connectivity index (χ2n) is 3.47. The molecule has 0 aliphatic carbocycles.